The van der Waals surface area contributed by atoms with Gasteiger partial charge in [0, 0.05) is 20.0 Å². The highest BCUT2D eigenvalue weighted by Gasteiger charge is 2.49. The summed E-state index contributed by atoms with van der Waals surface area (Å²) >= 11 is 0. The molecule has 2 atom stereocenters. The Morgan fingerprint density at radius 1 is 1.28 bits per heavy atom. The van der Waals surface area contributed by atoms with Crippen molar-refractivity contribution in [1.29, 1.82) is 0 Å². The lowest BCUT2D eigenvalue weighted by Crippen LogP contribution is -2.68. The van der Waals surface area contributed by atoms with Crippen LogP contribution in [0.2, 0.25) is 0 Å². The third kappa shape index (κ3) is 3.34. The van der Waals surface area contributed by atoms with Gasteiger partial charge in [-0.1, -0.05) is 12.1 Å². The van der Waals surface area contributed by atoms with Crippen molar-refractivity contribution < 1.29 is 18.7 Å². The first-order chi connectivity index (χ1) is 11.9. The topological polar surface area (TPSA) is 49.9 Å². The van der Waals surface area contributed by atoms with Crippen molar-refractivity contribution in [2.45, 2.75) is 51.1 Å². The van der Waals surface area contributed by atoms with Crippen molar-refractivity contribution in [1.82, 2.24) is 9.80 Å². The van der Waals surface area contributed by atoms with Crippen LogP contribution in [0.3, 0.4) is 0 Å². The van der Waals surface area contributed by atoms with Gasteiger partial charge in [-0.15, -0.1) is 0 Å². The maximum Gasteiger partial charge on any atom is 0.260 e. The van der Waals surface area contributed by atoms with Crippen LogP contribution in [0.1, 0.15) is 39.5 Å². The Hall–Kier alpha value is -2.11. The van der Waals surface area contributed by atoms with Gasteiger partial charge in [-0.25, -0.2) is 4.39 Å². The molecular weight excluding hydrogens is 323 g/mol. The SMILES string of the molecule is CC(=O)N1CCC[C@@H]2N(C(=O)COc3ccccc3F)CCC[C@@]21C. The Balaban J connectivity index is 1.72. The maximum atomic E-state index is 13.7. The minimum Gasteiger partial charge on any atom is -0.481 e. The van der Waals surface area contributed by atoms with Crippen LogP contribution >= 0.6 is 0 Å². The second-order valence-electron chi connectivity index (χ2n) is 7.10. The number of likely N-dealkylation sites (tertiary alicyclic amines) is 2. The molecule has 2 aliphatic heterocycles. The Bertz CT molecular complexity index is 666. The van der Waals surface area contributed by atoms with E-state index < -0.39 is 5.82 Å². The van der Waals surface area contributed by atoms with Gasteiger partial charge in [0.05, 0.1) is 11.6 Å². The number of carbonyl (C=O) groups is 2. The molecule has 0 bridgehead atoms. The Kier molecular flexibility index (Phi) is 4.97. The molecule has 1 aromatic carbocycles. The molecule has 0 spiro atoms. The van der Waals surface area contributed by atoms with E-state index in [0.717, 1.165) is 32.2 Å². The average molecular weight is 348 g/mol. The Labute approximate surface area is 147 Å². The van der Waals surface area contributed by atoms with E-state index in [0.29, 0.717) is 6.54 Å². The quantitative estimate of drug-likeness (QED) is 0.844. The highest BCUT2D eigenvalue weighted by atomic mass is 19.1. The van der Waals surface area contributed by atoms with Crippen LogP contribution in [0.15, 0.2) is 24.3 Å². The van der Waals surface area contributed by atoms with Crippen LogP contribution in [0, 0.1) is 5.82 Å². The standard InChI is InChI=1S/C19H25FN2O3/c1-14(23)22-12-5-9-17-19(22,2)10-6-11-21(17)18(24)13-25-16-8-4-3-7-15(16)20/h3-4,7-8,17H,5-6,9-13H2,1-2H3/t17-,19-/m0/s1. The minimum absolute atomic E-state index is 0.00406. The van der Waals surface area contributed by atoms with E-state index in [2.05, 4.69) is 6.92 Å². The highest BCUT2D eigenvalue weighted by Crippen LogP contribution is 2.39. The van der Waals surface area contributed by atoms with Crippen molar-refractivity contribution in [2.24, 2.45) is 0 Å². The number of fused-ring (bicyclic) bond motifs is 1. The second-order valence-corrected chi connectivity index (χ2v) is 7.10. The first kappa shape index (κ1) is 17.7. The first-order valence-electron chi connectivity index (χ1n) is 8.88. The number of piperidine rings is 2. The van der Waals surface area contributed by atoms with Crippen LogP contribution in [0.5, 0.6) is 5.75 Å². The molecule has 136 valence electrons. The van der Waals surface area contributed by atoms with Crippen LogP contribution in [0.25, 0.3) is 0 Å². The van der Waals surface area contributed by atoms with E-state index in [1.807, 2.05) is 9.80 Å². The number of rotatable bonds is 3. The van der Waals surface area contributed by atoms with Gasteiger partial charge in [-0.05, 0) is 44.7 Å². The Morgan fingerprint density at radius 3 is 2.76 bits per heavy atom. The van der Waals surface area contributed by atoms with Gasteiger partial charge in [0.25, 0.3) is 5.91 Å². The molecule has 0 radical (unpaired) electrons. The number of hydrogen-bond donors (Lipinski definition) is 0. The summed E-state index contributed by atoms with van der Waals surface area (Å²) in [6.07, 6.45) is 3.51. The summed E-state index contributed by atoms with van der Waals surface area (Å²) in [5, 5.41) is 0. The fraction of sp³-hybridized carbons (Fsp3) is 0.579. The van der Waals surface area contributed by atoms with Crippen LogP contribution in [-0.4, -0.2) is 52.9 Å². The second kappa shape index (κ2) is 7.02. The fourth-order valence-electron chi connectivity index (χ4n) is 4.35. The van der Waals surface area contributed by atoms with Crippen molar-refractivity contribution in [2.75, 3.05) is 19.7 Å². The molecule has 1 aromatic rings. The van der Waals surface area contributed by atoms with Crippen LogP contribution in [0.4, 0.5) is 4.39 Å². The molecule has 0 aromatic heterocycles. The average Bonchev–Trinajstić information content (AvgIpc) is 2.59. The summed E-state index contributed by atoms with van der Waals surface area (Å²) < 4.78 is 19.0. The van der Waals surface area contributed by atoms with Gasteiger partial charge in [-0.3, -0.25) is 9.59 Å². The maximum absolute atomic E-state index is 13.7. The van der Waals surface area contributed by atoms with Crippen molar-refractivity contribution >= 4 is 11.8 Å². The molecule has 25 heavy (non-hydrogen) atoms. The molecular formula is C19H25FN2O3. The van der Waals surface area contributed by atoms with Gasteiger partial charge in [0.15, 0.2) is 18.2 Å². The molecule has 2 amide bonds. The predicted molar refractivity (Wildman–Crippen MR) is 91.7 cm³/mol. The number of hydrogen-bond acceptors (Lipinski definition) is 3. The van der Waals surface area contributed by atoms with Crippen molar-refractivity contribution in [3.8, 4) is 5.75 Å². The lowest BCUT2D eigenvalue weighted by molar-refractivity contribution is -0.155. The normalized spacial score (nSPS) is 26.1. The van der Waals surface area contributed by atoms with Gasteiger partial charge in [0.2, 0.25) is 5.91 Å². The van der Waals surface area contributed by atoms with Crippen molar-refractivity contribution in [3.63, 3.8) is 0 Å². The molecule has 6 heteroatoms. The molecule has 2 heterocycles. The summed E-state index contributed by atoms with van der Waals surface area (Å²) in [7, 11) is 0. The van der Waals surface area contributed by atoms with Crippen LogP contribution < -0.4 is 4.74 Å². The lowest BCUT2D eigenvalue weighted by atomic mass is 9.76. The molecule has 2 saturated heterocycles. The van der Waals surface area contributed by atoms with E-state index in [-0.39, 0.29) is 35.8 Å². The molecule has 3 rings (SSSR count). The third-order valence-corrected chi connectivity index (χ3v) is 5.54. The summed E-state index contributed by atoms with van der Waals surface area (Å²) in [6, 6.07) is 6.08. The highest BCUT2D eigenvalue weighted by molar-refractivity contribution is 5.79. The zero-order valence-electron chi connectivity index (χ0n) is 14.8. The Morgan fingerprint density at radius 2 is 2.04 bits per heavy atom. The number of ether oxygens (including phenoxy) is 1. The molecule has 2 fully saturated rings. The molecule has 0 saturated carbocycles. The molecule has 0 unspecified atom stereocenters. The number of nitrogens with zero attached hydrogens (tertiary/aromatic N) is 2. The lowest BCUT2D eigenvalue weighted by Gasteiger charge is -2.56. The summed E-state index contributed by atoms with van der Waals surface area (Å²) in [5.74, 6) is -0.475. The zero-order valence-corrected chi connectivity index (χ0v) is 14.8. The third-order valence-electron chi connectivity index (χ3n) is 5.54. The number of carbonyl (C=O) groups excluding carboxylic acids is 2. The van der Waals surface area contributed by atoms with Crippen molar-refractivity contribution in [3.05, 3.63) is 30.1 Å². The predicted octanol–water partition coefficient (Wildman–Crippen LogP) is 2.60. The van der Waals surface area contributed by atoms with Gasteiger partial charge >= 0.3 is 0 Å². The number of benzene rings is 1. The smallest absolute Gasteiger partial charge is 0.260 e. The van der Waals surface area contributed by atoms with E-state index in [4.69, 9.17) is 4.74 Å². The molecule has 0 N–H and O–H groups in total. The molecule has 2 aliphatic rings. The van der Waals surface area contributed by atoms with E-state index in [1.54, 1.807) is 19.1 Å². The monoisotopic (exact) mass is 348 g/mol. The number of amides is 2. The minimum atomic E-state index is -0.473. The van der Waals surface area contributed by atoms with E-state index in [9.17, 15) is 14.0 Å². The number of para-hydroxylation sites is 1. The van der Waals surface area contributed by atoms with Crippen LogP contribution in [-0.2, 0) is 9.59 Å². The number of halogens is 1. The zero-order chi connectivity index (χ0) is 18.0. The molecule has 5 nitrogen and oxygen atoms in total. The van der Waals surface area contributed by atoms with Gasteiger partial charge < -0.3 is 14.5 Å². The van der Waals surface area contributed by atoms with Gasteiger partial charge in [-0.2, -0.15) is 0 Å². The van der Waals surface area contributed by atoms with E-state index >= 15 is 0 Å². The first-order valence-corrected chi connectivity index (χ1v) is 8.88. The largest absolute Gasteiger partial charge is 0.481 e. The molecule has 0 aliphatic carbocycles. The van der Waals surface area contributed by atoms with Gasteiger partial charge in [0.1, 0.15) is 0 Å². The summed E-state index contributed by atoms with van der Waals surface area (Å²) in [6.45, 7) is 4.89. The summed E-state index contributed by atoms with van der Waals surface area (Å²) in [4.78, 5) is 28.5. The summed E-state index contributed by atoms with van der Waals surface area (Å²) in [5.41, 5.74) is -0.323. The van der Waals surface area contributed by atoms with E-state index in [1.165, 1.54) is 12.1 Å². The fourth-order valence-corrected chi connectivity index (χ4v) is 4.35.